The number of fused-ring (bicyclic) bond motifs is 6. The molecule has 58 heavy (non-hydrogen) atoms. The Labute approximate surface area is 340 Å². The van der Waals surface area contributed by atoms with Crippen LogP contribution in [0.5, 0.6) is 0 Å². The molecule has 0 bridgehead atoms. The summed E-state index contributed by atoms with van der Waals surface area (Å²) in [6.07, 6.45) is 17.9. The minimum atomic E-state index is -3.18. The summed E-state index contributed by atoms with van der Waals surface area (Å²) >= 11 is 0. The Morgan fingerprint density at radius 1 is 0.741 bits per heavy atom. The quantitative estimate of drug-likeness (QED) is 0.0909. The maximum Gasteiger partial charge on any atom is 0.214 e. The normalized spacial score (nSPS) is 25.7. The van der Waals surface area contributed by atoms with Gasteiger partial charge in [0.2, 0.25) is 20.0 Å². The van der Waals surface area contributed by atoms with Crippen LogP contribution >= 0.6 is 0 Å². The lowest BCUT2D eigenvalue weighted by Gasteiger charge is -2.16. The first-order valence-corrected chi connectivity index (χ1v) is 27.7. The van der Waals surface area contributed by atoms with Crippen LogP contribution in [0.2, 0.25) is 25.7 Å². The van der Waals surface area contributed by atoms with Gasteiger partial charge in [-0.15, -0.1) is 0 Å². The Hall–Kier alpha value is -3.68. The minimum absolute atomic E-state index is 0.0113. The van der Waals surface area contributed by atoms with Crippen LogP contribution in [0.1, 0.15) is 88.4 Å². The highest BCUT2D eigenvalue weighted by Gasteiger charge is 2.42. The molecule has 3 N–H and O–H groups in total. The van der Waals surface area contributed by atoms with Crippen LogP contribution in [0.15, 0.2) is 49.3 Å². The van der Waals surface area contributed by atoms with Crippen LogP contribution in [0.25, 0.3) is 33.6 Å². The van der Waals surface area contributed by atoms with Crippen molar-refractivity contribution in [3.8, 4) is 0 Å². The van der Waals surface area contributed by atoms with Gasteiger partial charge in [-0.25, -0.2) is 46.2 Å². The largest absolute Gasteiger partial charge is 0.361 e. The summed E-state index contributed by atoms with van der Waals surface area (Å²) in [6, 6.07) is 5.23. The number of sulfonamides is 2. The molecular weight excluding hydrogens is 793 g/mol. The number of H-pyrrole nitrogens is 1. The van der Waals surface area contributed by atoms with Crippen LogP contribution in [0.3, 0.4) is 0 Å². The zero-order valence-corrected chi connectivity index (χ0v) is 36.6. The molecule has 3 unspecified atom stereocenters. The second-order valence-electron chi connectivity index (χ2n) is 18.6. The molecule has 18 heteroatoms. The fraction of sp³-hybridized carbons (Fsp3) is 0.600. The molecule has 6 aromatic heterocycles. The first-order valence-electron chi connectivity index (χ1n) is 20.9. The van der Waals surface area contributed by atoms with E-state index >= 15 is 0 Å². The Kier molecular flexibility index (Phi) is 10.3. The predicted molar refractivity (Wildman–Crippen MR) is 227 cm³/mol. The Morgan fingerprint density at radius 3 is 1.84 bits per heavy atom. The number of imidazole rings is 2. The van der Waals surface area contributed by atoms with Gasteiger partial charge in [0, 0.05) is 74.8 Å². The first-order chi connectivity index (χ1) is 27.6. The molecule has 15 nitrogen and oxygen atoms in total. The van der Waals surface area contributed by atoms with Gasteiger partial charge < -0.3 is 14.3 Å². The summed E-state index contributed by atoms with van der Waals surface area (Å²) in [5, 5.41) is -0.343. The summed E-state index contributed by atoms with van der Waals surface area (Å²) in [5.74, 6) is 1.29. The molecule has 4 saturated carbocycles. The van der Waals surface area contributed by atoms with Crippen LogP contribution in [0, 0.1) is 11.8 Å². The van der Waals surface area contributed by atoms with Gasteiger partial charge in [0.25, 0.3) is 0 Å². The first kappa shape index (κ1) is 39.8. The monoisotopic (exact) mass is 848 g/mol. The van der Waals surface area contributed by atoms with Crippen molar-refractivity contribution in [2.75, 3.05) is 6.61 Å². The van der Waals surface area contributed by atoms with Crippen molar-refractivity contribution in [1.82, 2.24) is 47.7 Å². The third-order valence-corrected chi connectivity index (χ3v) is 18.4. The summed E-state index contributed by atoms with van der Waals surface area (Å²) < 4.78 is 67.7. The summed E-state index contributed by atoms with van der Waals surface area (Å²) in [4.78, 5) is 21.3. The highest BCUT2D eigenvalue weighted by molar-refractivity contribution is 7.90. The van der Waals surface area contributed by atoms with Gasteiger partial charge in [0.15, 0.2) is 22.6 Å². The lowest BCUT2D eigenvalue weighted by Crippen LogP contribution is -2.35. The third kappa shape index (κ3) is 7.99. The molecule has 4 fully saturated rings. The van der Waals surface area contributed by atoms with Gasteiger partial charge in [-0.2, -0.15) is 0 Å². The molecule has 0 aliphatic heterocycles. The highest BCUT2D eigenvalue weighted by atomic mass is 32.2. The van der Waals surface area contributed by atoms with E-state index in [1.54, 1.807) is 6.20 Å². The molecule has 0 aromatic carbocycles. The maximum atomic E-state index is 12.5. The molecule has 312 valence electrons. The van der Waals surface area contributed by atoms with Crippen molar-refractivity contribution in [3.63, 3.8) is 0 Å². The number of hydrogen-bond acceptors (Lipinski definition) is 9. The second-order valence-corrected chi connectivity index (χ2v) is 28.2. The van der Waals surface area contributed by atoms with Crippen LogP contribution < -0.4 is 9.44 Å². The SMILES string of the molecule is CC1CC(NS(=O)(=O)C2CC2)CC1c1cnc2cnc3c(ccn3COCC[Si](C)(C)C)n12.C[C@@H]1C[C@H](NS(=O)(=O)C2CC2)C[C@@H]1c1cnc2cnc3[nH]ccc3n12. The molecule has 6 atom stereocenters. The molecule has 0 amide bonds. The number of rotatable bonds is 13. The van der Waals surface area contributed by atoms with E-state index in [9.17, 15) is 16.8 Å². The molecule has 0 radical (unpaired) electrons. The standard InChI is InChI=1S/C23H35N5O3SSi.C17H21N5O2S/c1-16-11-17(26-32(29,30)18-5-6-18)12-19(16)21-13-24-22-14-25-23-20(28(21)22)7-8-27(23)15-31-9-10-33(2,3)4;1-10-6-11(21-25(23,24)12-2-3-12)7-13(10)15-8-19-16-9-20-17-14(22(15)16)4-5-18-17/h7-8,13-14,16-19,26H,5-6,9-12,15H2,1-4H3;4-5,8-13,18,21H,2-3,6-7H2,1H3/t;10-,11+,13+/m.1/s1. The lowest BCUT2D eigenvalue weighted by atomic mass is 9.95. The highest BCUT2D eigenvalue weighted by Crippen LogP contribution is 2.43. The van der Waals surface area contributed by atoms with Crippen molar-refractivity contribution in [2.24, 2.45) is 11.8 Å². The van der Waals surface area contributed by atoms with Gasteiger partial charge in [0.1, 0.15) is 6.73 Å². The topological polar surface area (TPSA) is 183 Å². The van der Waals surface area contributed by atoms with E-state index in [4.69, 9.17) is 4.74 Å². The van der Waals surface area contributed by atoms with E-state index < -0.39 is 28.1 Å². The average Bonchev–Trinajstić information content (AvgIpc) is 3.88. The number of ether oxygens (including phenoxy) is 1. The fourth-order valence-electron chi connectivity index (χ4n) is 9.21. The number of hydrogen-bond donors (Lipinski definition) is 3. The summed E-state index contributed by atoms with van der Waals surface area (Å²) in [6.45, 7) is 12.7. The van der Waals surface area contributed by atoms with Crippen molar-refractivity contribution < 1.29 is 21.6 Å². The van der Waals surface area contributed by atoms with Crippen molar-refractivity contribution in [2.45, 2.75) is 132 Å². The number of nitrogens with one attached hydrogen (secondary N) is 3. The summed E-state index contributed by atoms with van der Waals surface area (Å²) in [7, 11) is -7.44. The van der Waals surface area contributed by atoms with Crippen LogP contribution in [-0.4, -0.2) is 92.4 Å². The molecule has 10 rings (SSSR count). The number of aromatic amines is 1. The molecular formula is C40H56N10O5S2Si. The third-order valence-electron chi connectivity index (χ3n) is 12.7. The molecule has 6 heterocycles. The predicted octanol–water partition coefficient (Wildman–Crippen LogP) is 6.13. The zero-order chi connectivity index (χ0) is 40.6. The average molecular weight is 849 g/mol. The Morgan fingerprint density at radius 2 is 1.29 bits per heavy atom. The van der Waals surface area contributed by atoms with Gasteiger partial charge >= 0.3 is 0 Å². The van der Waals surface area contributed by atoms with Gasteiger partial charge in [0.05, 0.1) is 33.9 Å². The van der Waals surface area contributed by atoms with E-state index in [0.717, 1.165) is 109 Å². The number of aromatic nitrogens is 8. The Bertz CT molecular complexity index is 2670. The fourth-order valence-corrected chi connectivity index (χ4v) is 13.2. The second kappa shape index (κ2) is 15.1. The zero-order valence-electron chi connectivity index (χ0n) is 34.0. The van der Waals surface area contributed by atoms with Crippen LogP contribution in [0.4, 0.5) is 0 Å². The number of nitrogens with zero attached hydrogens (tertiary/aromatic N) is 7. The van der Waals surface area contributed by atoms with Crippen LogP contribution in [-0.2, 0) is 31.5 Å². The summed E-state index contributed by atoms with van der Waals surface area (Å²) in [5.41, 5.74) is 7.68. The molecule has 0 saturated heterocycles. The van der Waals surface area contributed by atoms with Crippen molar-refractivity contribution >= 4 is 61.7 Å². The van der Waals surface area contributed by atoms with E-state index in [1.807, 2.05) is 41.6 Å². The van der Waals surface area contributed by atoms with E-state index in [1.165, 1.54) is 0 Å². The molecule has 4 aliphatic rings. The maximum absolute atomic E-state index is 12.5. The smallest absolute Gasteiger partial charge is 0.214 e. The molecule has 0 spiro atoms. The van der Waals surface area contributed by atoms with Gasteiger partial charge in [-0.3, -0.25) is 8.80 Å². The minimum Gasteiger partial charge on any atom is -0.361 e. The lowest BCUT2D eigenvalue weighted by molar-refractivity contribution is 0.0899. The molecule has 6 aromatic rings. The van der Waals surface area contributed by atoms with Gasteiger partial charge in [-0.1, -0.05) is 33.5 Å². The van der Waals surface area contributed by atoms with Crippen molar-refractivity contribution in [3.05, 3.63) is 60.7 Å². The Balaban J connectivity index is 0.000000156. The molecule has 4 aliphatic carbocycles. The van der Waals surface area contributed by atoms with Crippen molar-refractivity contribution in [1.29, 1.82) is 0 Å². The van der Waals surface area contributed by atoms with E-state index in [2.05, 4.69) is 82.7 Å². The van der Waals surface area contributed by atoms with E-state index in [0.29, 0.717) is 18.6 Å². The van der Waals surface area contributed by atoms with E-state index in [-0.39, 0.29) is 34.4 Å². The van der Waals surface area contributed by atoms with Gasteiger partial charge in [-0.05, 0) is 81.4 Å².